The van der Waals surface area contributed by atoms with E-state index in [0.717, 1.165) is 26.4 Å². The van der Waals surface area contributed by atoms with Gasteiger partial charge in [-0.15, -0.1) is 11.3 Å². The molecule has 2 aromatic carbocycles. The summed E-state index contributed by atoms with van der Waals surface area (Å²) in [5.41, 5.74) is 2.85. The molecular formula is C20H20BrN3O3S. The molecule has 1 heterocycles. The largest absolute Gasteiger partial charge is 0.493 e. The summed E-state index contributed by atoms with van der Waals surface area (Å²) in [6, 6.07) is 11.3. The number of hydrogen-bond donors (Lipinski definition) is 2. The second kappa shape index (κ2) is 9.57. The molecule has 0 bridgehead atoms. The van der Waals surface area contributed by atoms with Crippen molar-refractivity contribution in [3.63, 3.8) is 0 Å². The maximum atomic E-state index is 12.2. The predicted octanol–water partition coefficient (Wildman–Crippen LogP) is 4.85. The van der Waals surface area contributed by atoms with Crippen LogP contribution in [-0.4, -0.2) is 24.6 Å². The van der Waals surface area contributed by atoms with Gasteiger partial charge in [0.25, 0.3) is 5.91 Å². The lowest BCUT2D eigenvalue weighted by Crippen LogP contribution is -2.20. The number of benzene rings is 2. The fourth-order valence-corrected chi connectivity index (χ4v) is 3.43. The Kier molecular flexibility index (Phi) is 6.89. The third-order valence-corrected chi connectivity index (χ3v) is 5.36. The van der Waals surface area contributed by atoms with Gasteiger partial charge in [-0.1, -0.05) is 33.6 Å². The van der Waals surface area contributed by atoms with E-state index in [9.17, 15) is 4.79 Å². The molecular weight excluding hydrogens is 442 g/mol. The Morgan fingerprint density at radius 1 is 1.21 bits per heavy atom. The van der Waals surface area contributed by atoms with Crippen molar-refractivity contribution < 1.29 is 14.3 Å². The first kappa shape index (κ1) is 20.2. The topological polar surface area (TPSA) is 72.5 Å². The van der Waals surface area contributed by atoms with Crippen LogP contribution >= 0.6 is 27.3 Å². The number of aromatic nitrogens is 1. The highest BCUT2D eigenvalue weighted by Crippen LogP contribution is 2.34. The van der Waals surface area contributed by atoms with Gasteiger partial charge in [-0.25, -0.2) is 4.98 Å². The van der Waals surface area contributed by atoms with Gasteiger partial charge in [0.05, 0.1) is 7.11 Å². The van der Waals surface area contributed by atoms with Gasteiger partial charge in [0.1, 0.15) is 0 Å². The molecule has 1 amide bonds. The molecule has 146 valence electrons. The Labute approximate surface area is 176 Å². The quantitative estimate of drug-likeness (QED) is 0.501. The lowest BCUT2D eigenvalue weighted by atomic mass is 10.2. The van der Waals surface area contributed by atoms with E-state index in [0.29, 0.717) is 18.0 Å². The van der Waals surface area contributed by atoms with Crippen LogP contribution in [0.15, 0.2) is 52.4 Å². The number of aryl methyl sites for hydroxylation is 1. The van der Waals surface area contributed by atoms with E-state index in [4.69, 9.17) is 9.47 Å². The van der Waals surface area contributed by atoms with Gasteiger partial charge in [0.2, 0.25) is 0 Å². The molecule has 0 saturated heterocycles. The summed E-state index contributed by atoms with van der Waals surface area (Å²) in [5, 5.41) is 8.82. The molecule has 8 heteroatoms. The number of rotatable bonds is 8. The van der Waals surface area contributed by atoms with Gasteiger partial charge in [-0.3, -0.25) is 4.79 Å². The van der Waals surface area contributed by atoms with Crippen LogP contribution in [0.5, 0.6) is 11.5 Å². The van der Waals surface area contributed by atoms with Gasteiger partial charge in [-0.05, 0) is 36.8 Å². The zero-order chi connectivity index (χ0) is 19.9. The third kappa shape index (κ3) is 5.46. The van der Waals surface area contributed by atoms with Crippen molar-refractivity contribution in [1.82, 2.24) is 4.98 Å². The second-order valence-electron chi connectivity index (χ2n) is 5.99. The molecule has 1 aromatic heterocycles. The van der Waals surface area contributed by atoms with Crippen molar-refractivity contribution >= 4 is 44.0 Å². The zero-order valence-electron chi connectivity index (χ0n) is 15.5. The van der Waals surface area contributed by atoms with Crippen LogP contribution in [-0.2, 0) is 11.3 Å². The van der Waals surface area contributed by atoms with Crippen LogP contribution in [0.4, 0.5) is 10.8 Å². The Morgan fingerprint density at radius 3 is 2.68 bits per heavy atom. The van der Waals surface area contributed by atoms with Crippen LogP contribution in [0.25, 0.3) is 0 Å². The standard InChI is InChI=1S/C20H20BrN3O3S/c1-13-3-5-15(6-4-13)24-19(25)12-27-18-10-16(21)14(9-17(18)26-2)11-23-20-22-7-8-28-20/h3-10H,11-12H2,1-2H3,(H,22,23)(H,24,25). The summed E-state index contributed by atoms with van der Waals surface area (Å²) in [7, 11) is 1.57. The number of nitrogens with zero attached hydrogens (tertiary/aromatic N) is 1. The molecule has 28 heavy (non-hydrogen) atoms. The van der Waals surface area contributed by atoms with E-state index in [1.165, 1.54) is 11.3 Å². The van der Waals surface area contributed by atoms with E-state index in [1.807, 2.05) is 42.6 Å². The van der Waals surface area contributed by atoms with Crippen molar-refractivity contribution in [2.24, 2.45) is 0 Å². The Hall–Kier alpha value is -2.58. The molecule has 0 aliphatic heterocycles. The monoisotopic (exact) mass is 461 g/mol. The maximum absolute atomic E-state index is 12.2. The number of carbonyl (C=O) groups excluding carboxylic acids is 1. The predicted molar refractivity (Wildman–Crippen MR) is 115 cm³/mol. The van der Waals surface area contributed by atoms with Crippen LogP contribution in [0.2, 0.25) is 0 Å². The van der Waals surface area contributed by atoms with Crippen molar-refractivity contribution in [3.05, 3.63) is 63.6 Å². The van der Waals surface area contributed by atoms with Crippen molar-refractivity contribution in [1.29, 1.82) is 0 Å². The molecule has 0 atom stereocenters. The van der Waals surface area contributed by atoms with Crippen molar-refractivity contribution in [2.45, 2.75) is 13.5 Å². The maximum Gasteiger partial charge on any atom is 0.262 e. The highest BCUT2D eigenvalue weighted by molar-refractivity contribution is 9.10. The van der Waals surface area contributed by atoms with E-state index >= 15 is 0 Å². The summed E-state index contributed by atoms with van der Waals surface area (Å²) in [6.45, 7) is 2.46. The first-order valence-electron chi connectivity index (χ1n) is 8.54. The molecule has 0 unspecified atom stereocenters. The molecule has 0 saturated carbocycles. The fraction of sp³-hybridized carbons (Fsp3) is 0.200. The summed E-state index contributed by atoms with van der Waals surface area (Å²) in [5.74, 6) is 0.810. The van der Waals surface area contributed by atoms with Gasteiger partial charge in [0.15, 0.2) is 23.2 Å². The Morgan fingerprint density at radius 2 is 2.00 bits per heavy atom. The number of hydrogen-bond acceptors (Lipinski definition) is 6. The van der Waals surface area contributed by atoms with Crippen LogP contribution in [0.3, 0.4) is 0 Å². The Bertz CT molecular complexity index is 931. The number of ether oxygens (including phenoxy) is 2. The van der Waals surface area contributed by atoms with Gasteiger partial charge < -0.3 is 20.1 Å². The summed E-state index contributed by atoms with van der Waals surface area (Å²) >= 11 is 5.09. The molecule has 0 radical (unpaired) electrons. The highest BCUT2D eigenvalue weighted by atomic mass is 79.9. The molecule has 3 rings (SSSR count). The molecule has 2 N–H and O–H groups in total. The van der Waals surface area contributed by atoms with E-state index < -0.39 is 0 Å². The fourth-order valence-electron chi connectivity index (χ4n) is 2.44. The van der Waals surface area contributed by atoms with Crippen LogP contribution < -0.4 is 20.1 Å². The number of halogens is 1. The van der Waals surface area contributed by atoms with E-state index in [-0.39, 0.29) is 12.5 Å². The van der Waals surface area contributed by atoms with E-state index in [1.54, 1.807) is 19.4 Å². The van der Waals surface area contributed by atoms with Gasteiger partial charge >= 0.3 is 0 Å². The minimum atomic E-state index is -0.239. The third-order valence-electron chi connectivity index (χ3n) is 3.89. The second-order valence-corrected chi connectivity index (χ2v) is 7.74. The molecule has 3 aromatic rings. The van der Waals surface area contributed by atoms with Crippen molar-refractivity contribution in [3.8, 4) is 11.5 Å². The number of methoxy groups -OCH3 is 1. The minimum Gasteiger partial charge on any atom is -0.493 e. The number of anilines is 2. The normalized spacial score (nSPS) is 10.4. The molecule has 0 aliphatic rings. The zero-order valence-corrected chi connectivity index (χ0v) is 17.9. The number of nitrogens with one attached hydrogen (secondary N) is 2. The molecule has 0 fully saturated rings. The average Bonchev–Trinajstić information content (AvgIpc) is 3.21. The number of thiazole rings is 1. The van der Waals surface area contributed by atoms with Crippen LogP contribution in [0.1, 0.15) is 11.1 Å². The Balaban J connectivity index is 1.61. The first-order valence-corrected chi connectivity index (χ1v) is 10.2. The summed E-state index contributed by atoms with van der Waals surface area (Å²) in [6.07, 6.45) is 1.75. The first-order chi connectivity index (χ1) is 13.5. The molecule has 0 aliphatic carbocycles. The smallest absolute Gasteiger partial charge is 0.262 e. The lowest BCUT2D eigenvalue weighted by Gasteiger charge is -2.14. The summed E-state index contributed by atoms with van der Waals surface area (Å²) in [4.78, 5) is 16.4. The molecule has 0 spiro atoms. The number of carbonyl (C=O) groups is 1. The lowest BCUT2D eigenvalue weighted by molar-refractivity contribution is -0.118. The van der Waals surface area contributed by atoms with Gasteiger partial charge in [-0.2, -0.15) is 0 Å². The van der Waals surface area contributed by atoms with Crippen LogP contribution in [0, 0.1) is 6.92 Å². The average molecular weight is 462 g/mol. The number of amides is 1. The van der Waals surface area contributed by atoms with E-state index in [2.05, 4.69) is 31.5 Å². The van der Waals surface area contributed by atoms with Gasteiger partial charge in [0, 0.05) is 28.3 Å². The minimum absolute atomic E-state index is 0.118. The molecule has 6 nitrogen and oxygen atoms in total. The highest BCUT2D eigenvalue weighted by Gasteiger charge is 2.13. The van der Waals surface area contributed by atoms with Crippen molar-refractivity contribution in [2.75, 3.05) is 24.4 Å². The summed E-state index contributed by atoms with van der Waals surface area (Å²) < 4.78 is 12.0. The SMILES string of the molecule is COc1cc(CNc2nccs2)c(Br)cc1OCC(=O)Nc1ccc(C)cc1.